The molecule has 0 aliphatic rings. The van der Waals surface area contributed by atoms with Crippen molar-refractivity contribution in [2.24, 2.45) is 5.41 Å². The third kappa shape index (κ3) is 5.65. The Morgan fingerprint density at radius 2 is 1.95 bits per heavy atom. The van der Waals surface area contributed by atoms with E-state index in [1.54, 1.807) is 0 Å². The van der Waals surface area contributed by atoms with Crippen LogP contribution < -0.4 is 0 Å². The summed E-state index contributed by atoms with van der Waals surface area (Å²) in [4.78, 5) is 11.8. The van der Waals surface area contributed by atoms with Crippen LogP contribution in [0.15, 0.2) is 30.0 Å². The highest BCUT2D eigenvalue weighted by Gasteiger charge is 2.13. The van der Waals surface area contributed by atoms with Crippen molar-refractivity contribution < 1.29 is 14.3 Å². The van der Waals surface area contributed by atoms with E-state index in [-0.39, 0.29) is 11.4 Å². The molecule has 0 saturated heterocycles. The average molecular weight is 300 g/mol. The highest BCUT2D eigenvalue weighted by atomic mass is 16.5. The fraction of sp³-hybridized carbons (Fsp3) is 0.421. The molecule has 0 heterocycles. The monoisotopic (exact) mass is 300 g/mol. The molecule has 118 valence electrons. The van der Waals surface area contributed by atoms with Crippen LogP contribution in [-0.2, 0) is 20.7 Å². The van der Waals surface area contributed by atoms with Crippen molar-refractivity contribution in [2.45, 2.75) is 34.1 Å². The van der Waals surface area contributed by atoms with Crippen LogP contribution in [0.5, 0.6) is 0 Å². The summed E-state index contributed by atoms with van der Waals surface area (Å²) in [7, 11) is 2.88. The number of esters is 1. The lowest BCUT2D eigenvalue weighted by Gasteiger charge is -2.10. The predicted octanol–water partition coefficient (Wildman–Crippen LogP) is 3.64. The average Bonchev–Trinajstić information content (AvgIpc) is 2.45. The van der Waals surface area contributed by atoms with Gasteiger partial charge in [-0.3, -0.25) is 0 Å². The summed E-state index contributed by atoms with van der Waals surface area (Å²) < 4.78 is 9.75. The molecule has 0 fully saturated rings. The third-order valence-corrected chi connectivity index (χ3v) is 3.02. The van der Waals surface area contributed by atoms with Gasteiger partial charge in [0.2, 0.25) is 0 Å². The molecule has 0 unspecified atom stereocenters. The Morgan fingerprint density at radius 1 is 1.27 bits per heavy atom. The van der Waals surface area contributed by atoms with Gasteiger partial charge in [-0.15, -0.1) is 0 Å². The smallest absolute Gasteiger partial charge is 0.337 e. The van der Waals surface area contributed by atoms with Gasteiger partial charge in [-0.1, -0.05) is 17.9 Å². The molecule has 3 nitrogen and oxygen atoms in total. The quantitative estimate of drug-likeness (QED) is 0.368. The Balaban J connectivity index is 3.11. The van der Waals surface area contributed by atoms with Crippen LogP contribution in [-0.4, -0.2) is 20.2 Å². The summed E-state index contributed by atoms with van der Waals surface area (Å²) in [6.07, 6.45) is 1.89. The van der Waals surface area contributed by atoms with E-state index in [0.29, 0.717) is 12.0 Å². The molecule has 0 amide bonds. The summed E-state index contributed by atoms with van der Waals surface area (Å²) in [5.41, 5.74) is 3.52. The molecule has 1 rings (SSSR count). The van der Waals surface area contributed by atoms with Crippen molar-refractivity contribution in [2.75, 3.05) is 14.2 Å². The predicted molar refractivity (Wildman–Crippen MR) is 88.3 cm³/mol. The van der Waals surface area contributed by atoms with Gasteiger partial charge in [-0.25, -0.2) is 4.79 Å². The SMILES string of the molecule is CO/C=C(\Cc1cc(C#CC(C)(C)C)ccc1C)C(=O)OC. The van der Waals surface area contributed by atoms with Crippen LogP contribution >= 0.6 is 0 Å². The summed E-state index contributed by atoms with van der Waals surface area (Å²) in [6, 6.07) is 6.03. The Morgan fingerprint density at radius 3 is 2.50 bits per heavy atom. The van der Waals surface area contributed by atoms with E-state index in [9.17, 15) is 4.79 Å². The molecule has 22 heavy (non-hydrogen) atoms. The van der Waals surface area contributed by atoms with Gasteiger partial charge in [0.1, 0.15) is 0 Å². The lowest BCUT2D eigenvalue weighted by atomic mass is 9.95. The third-order valence-electron chi connectivity index (χ3n) is 3.02. The van der Waals surface area contributed by atoms with Crippen molar-refractivity contribution in [1.29, 1.82) is 0 Å². The first-order chi connectivity index (χ1) is 10.3. The molecular weight excluding hydrogens is 276 g/mol. The van der Waals surface area contributed by atoms with Gasteiger partial charge in [-0.05, 0) is 51.0 Å². The zero-order valence-electron chi connectivity index (χ0n) is 14.2. The number of ether oxygens (including phenoxy) is 2. The van der Waals surface area contributed by atoms with Gasteiger partial charge in [0.05, 0.1) is 26.1 Å². The summed E-state index contributed by atoms with van der Waals surface area (Å²) in [5, 5.41) is 0. The lowest BCUT2D eigenvalue weighted by molar-refractivity contribution is -0.136. The van der Waals surface area contributed by atoms with Crippen LogP contribution in [0.1, 0.15) is 37.5 Å². The second-order valence-electron chi connectivity index (χ2n) is 6.19. The standard InChI is InChI=1S/C19H24O3/c1-14-7-8-15(9-10-19(2,3)4)11-16(14)12-17(13-21-5)18(20)22-6/h7-8,11,13H,12H2,1-6H3/b17-13+. The highest BCUT2D eigenvalue weighted by molar-refractivity contribution is 5.88. The first kappa shape index (κ1) is 17.8. The maximum atomic E-state index is 11.8. The van der Waals surface area contributed by atoms with Crippen LogP contribution in [0.25, 0.3) is 0 Å². The summed E-state index contributed by atoms with van der Waals surface area (Å²) >= 11 is 0. The van der Waals surface area contributed by atoms with Gasteiger partial charge in [0.25, 0.3) is 0 Å². The van der Waals surface area contributed by atoms with E-state index in [1.807, 2.05) is 25.1 Å². The van der Waals surface area contributed by atoms with Crippen molar-refractivity contribution in [1.82, 2.24) is 0 Å². The maximum absolute atomic E-state index is 11.8. The van der Waals surface area contributed by atoms with Crippen LogP contribution in [0.4, 0.5) is 0 Å². The van der Waals surface area contributed by atoms with Crippen LogP contribution in [0, 0.1) is 24.2 Å². The first-order valence-electron chi connectivity index (χ1n) is 7.19. The van der Waals surface area contributed by atoms with E-state index >= 15 is 0 Å². The van der Waals surface area contributed by atoms with Gasteiger partial charge < -0.3 is 9.47 Å². The summed E-state index contributed by atoms with van der Waals surface area (Å²) in [6.45, 7) is 8.24. The first-order valence-corrected chi connectivity index (χ1v) is 7.19. The molecule has 0 aliphatic carbocycles. The van der Waals surface area contributed by atoms with Crippen molar-refractivity contribution in [3.63, 3.8) is 0 Å². The molecule has 0 bridgehead atoms. The minimum Gasteiger partial charge on any atom is -0.504 e. The number of carbonyl (C=O) groups is 1. The molecule has 0 aromatic heterocycles. The normalized spacial score (nSPS) is 11.5. The topological polar surface area (TPSA) is 35.5 Å². The fourth-order valence-corrected chi connectivity index (χ4v) is 1.84. The molecule has 0 saturated carbocycles. The molecule has 0 spiro atoms. The molecule has 1 aromatic rings. The second kappa shape index (κ2) is 7.70. The minimum atomic E-state index is -0.382. The number of hydrogen-bond donors (Lipinski definition) is 0. The molecule has 3 heteroatoms. The highest BCUT2D eigenvalue weighted by Crippen LogP contribution is 2.17. The number of benzene rings is 1. The molecule has 0 atom stereocenters. The van der Waals surface area contributed by atoms with Crippen molar-refractivity contribution in [3.05, 3.63) is 46.7 Å². The Bertz CT molecular complexity index is 622. The molecule has 0 N–H and O–H groups in total. The fourth-order valence-electron chi connectivity index (χ4n) is 1.84. The van der Waals surface area contributed by atoms with Crippen molar-refractivity contribution >= 4 is 5.97 Å². The van der Waals surface area contributed by atoms with Crippen LogP contribution in [0.3, 0.4) is 0 Å². The van der Waals surface area contributed by atoms with E-state index < -0.39 is 0 Å². The molecule has 0 aliphatic heterocycles. The van der Waals surface area contributed by atoms with Crippen LogP contribution in [0.2, 0.25) is 0 Å². The Labute approximate surface area is 133 Å². The zero-order chi connectivity index (χ0) is 16.8. The van der Waals surface area contributed by atoms with Gasteiger partial charge >= 0.3 is 5.97 Å². The van der Waals surface area contributed by atoms with E-state index in [1.165, 1.54) is 20.5 Å². The number of rotatable bonds is 4. The summed E-state index contributed by atoms with van der Waals surface area (Å²) in [5.74, 6) is 6.02. The minimum absolute atomic E-state index is 0.0435. The molecule has 0 radical (unpaired) electrons. The van der Waals surface area contributed by atoms with Gasteiger partial charge in [-0.2, -0.15) is 0 Å². The Kier molecular flexibility index (Phi) is 6.24. The number of methoxy groups -OCH3 is 2. The van der Waals surface area contributed by atoms with E-state index in [0.717, 1.165) is 16.7 Å². The maximum Gasteiger partial charge on any atom is 0.337 e. The molecule has 1 aromatic carbocycles. The molecular formula is C19H24O3. The lowest BCUT2D eigenvalue weighted by Crippen LogP contribution is -2.09. The van der Waals surface area contributed by atoms with Crippen molar-refractivity contribution in [3.8, 4) is 11.8 Å². The van der Waals surface area contributed by atoms with Gasteiger partial charge in [0.15, 0.2) is 0 Å². The van der Waals surface area contributed by atoms with Gasteiger partial charge in [0, 0.05) is 17.4 Å². The second-order valence-corrected chi connectivity index (χ2v) is 6.19. The zero-order valence-corrected chi connectivity index (χ0v) is 14.2. The number of aryl methyl sites for hydroxylation is 1. The Hall–Kier alpha value is -2.21. The largest absolute Gasteiger partial charge is 0.504 e. The van der Waals surface area contributed by atoms with E-state index in [2.05, 4.69) is 32.6 Å². The number of carbonyl (C=O) groups excluding carboxylic acids is 1. The van der Waals surface area contributed by atoms with E-state index in [4.69, 9.17) is 9.47 Å². The number of hydrogen-bond acceptors (Lipinski definition) is 3.